The standard InChI is InChI=1S/C10H10N6/c1-5-2-6-9(12-4-5)14-10(13-6)7-3-8(11)16-15-7/h2-4H,1H3,(H3,11,15,16)(H,12,13,14). The van der Waals surface area contributed by atoms with E-state index in [-0.39, 0.29) is 0 Å². The lowest BCUT2D eigenvalue weighted by Crippen LogP contribution is -1.81. The monoisotopic (exact) mass is 214 g/mol. The van der Waals surface area contributed by atoms with E-state index in [2.05, 4.69) is 25.1 Å². The van der Waals surface area contributed by atoms with E-state index in [9.17, 15) is 0 Å². The molecule has 0 spiro atoms. The summed E-state index contributed by atoms with van der Waals surface area (Å²) in [5.41, 5.74) is 8.98. The zero-order valence-electron chi connectivity index (χ0n) is 8.65. The Labute approximate surface area is 90.9 Å². The Bertz CT molecular complexity index is 650. The first-order valence-corrected chi connectivity index (χ1v) is 4.86. The van der Waals surface area contributed by atoms with Gasteiger partial charge in [-0.05, 0) is 18.6 Å². The summed E-state index contributed by atoms with van der Waals surface area (Å²) in [6, 6.07) is 3.73. The fourth-order valence-corrected chi connectivity index (χ4v) is 1.59. The van der Waals surface area contributed by atoms with Crippen molar-refractivity contribution in [3.63, 3.8) is 0 Å². The van der Waals surface area contributed by atoms with Gasteiger partial charge in [-0.25, -0.2) is 9.97 Å². The molecule has 3 aromatic rings. The second kappa shape index (κ2) is 3.06. The smallest absolute Gasteiger partial charge is 0.178 e. The first-order valence-electron chi connectivity index (χ1n) is 4.86. The van der Waals surface area contributed by atoms with Crippen molar-refractivity contribution in [3.8, 4) is 11.5 Å². The summed E-state index contributed by atoms with van der Waals surface area (Å²) in [5.74, 6) is 1.14. The summed E-state index contributed by atoms with van der Waals surface area (Å²) in [5, 5.41) is 6.65. The van der Waals surface area contributed by atoms with E-state index in [4.69, 9.17) is 5.73 Å². The number of rotatable bonds is 1. The first-order chi connectivity index (χ1) is 7.72. The molecule has 3 heterocycles. The minimum absolute atomic E-state index is 0.444. The van der Waals surface area contributed by atoms with Crippen LogP contribution in [0.3, 0.4) is 0 Å². The minimum atomic E-state index is 0.444. The van der Waals surface area contributed by atoms with Gasteiger partial charge in [-0.15, -0.1) is 0 Å². The molecule has 6 nitrogen and oxygen atoms in total. The van der Waals surface area contributed by atoms with Gasteiger partial charge in [0.2, 0.25) is 0 Å². The van der Waals surface area contributed by atoms with Crippen molar-refractivity contribution < 1.29 is 0 Å². The quantitative estimate of drug-likeness (QED) is 0.567. The maximum Gasteiger partial charge on any atom is 0.178 e. The number of nitrogens with zero attached hydrogens (tertiary/aromatic N) is 3. The molecule has 0 fully saturated rings. The van der Waals surface area contributed by atoms with Gasteiger partial charge in [-0.2, -0.15) is 5.10 Å². The number of imidazole rings is 1. The number of aromatic nitrogens is 5. The number of pyridine rings is 1. The van der Waals surface area contributed by atoms with Crippen LogP contribution in [0, 0.1) is 6.92 Å². The van der Waals surface area contributed by atoms with Crippen molar-refractivity contribution >= 4 is 17.0 Å². The fraction of sp³-hybridized carbons (Fsp3) is 0.100. The van der Waals surface area contributed by atoms with Crippen LogP contribution in [0.15, 0.2) is 18.3 Å². The first kappa shape index (κ1) is 8.90. The molecule has 0 aliphatic heterocycles. The van der Waals surface area contributed by atoms with Gasteiger partial charge in [0.1, 0.15) is 11.5 Å². The topological polar surface area (TPSA) is 96.3 Å². The van der Waals surface area contributed by atoms with E-state index in [0.29, 0.717) is 17.3 Å². The van der Waals surface area contributed by atoms with E-state index in [0.717, 1.165) is 16.8 Å². The molecule has 0 unspecified atom stereocenters. The summed E-state index contributed by atoms with van der Waals surface area (Å²) in [7, 11) is 0. The van der Waals surface area contributed by atoms with E-state index < -0.39 is 0 Å². The highest BCUT2D eigenvalue weighted by atomic mass is 15.2. The third-order valence-corrected chi connectivity index (χ3v) is 2.33. The Hall–Kier alpha value is -2.37. The van der Waals surface area contributed by atoms with Crippen molar-refractivity contribution in [1.29, 1.82) is 0 Å². The Morgan fingerprint density at radius 1 is 1.31 bits per heavy atom. The molecule has 4 N–H and O–H groups in total. The molecule has 0 aliphatic rings. The average Bonchev–Trinajstić information content (AvgIpc) is 2.83. The fourth-order valence-electron chi connectivity index (χ4n) is 1.59. The van der Waals surface area contributed by atoms with E-state index in [1.165, 1.54) is 0 Å². The Morgan fingerprint density at radius 3 is 2.94 bits per heavy atom. The largest absolute Gasteiger partial charge is 0.382 e. The SMILES string of the molecule is Cc1cnc2nc(-c3cc(N)n[nH]3)[nH]c2c1. The molecule has 0 saturated carbocycles. The van der Waals surface area contributed by atoms with Gasteiger partial charge in [-0.1, -0.05) is 0 Å². The maximum atomic E-state index is 5.53. The highest BCUT2D eigenvalue weighted by molar-refractivity contribution is 5.75. The lowest BCUT2D eigenvalue weighted by molar-refractivity contribution is 1.09. The summed E-state index contributed by atoms with van der Waals surface area (Å²) in [4.78, 5) is 11.7. The number of anilines is 1. The lowest BCUT2D eigenvalue weighted by atomic mass is 10.3. The number of nitrogens with two attached hydrogens (primary N) is 1. The third kappa shape index (κ3) is 1.31. The van der Waals surface area contributed by atoms with Crippen LogP contribution in [0.2, 0.25) is 0 Å². The molecule has 16 heavy (non-hydrogen) atoms. The molecule has 3 rings (SSSR count). The van der Waals surface area contributed by atoms with Gasteiger partial charge >= 0.3 is 0 Å². The summed E-state index contributed by atoms with van der Waals surface area (Å²) < 4.78 is 0. The van der Waals surface area contributed by atoms with Gasteiger partial charge in [0, 0.05) is 12.3 Å². The molecule has 0 amide bonds. The zero-order chi connectivity index (χ0) is 11.1. The van der Waals surface area contributed by atoms with Gasteiger partial charge in [0.25, 0.3) is 0 Å². The van der Waals surface area contributed by atoms with Crippen LogP contribution in [0.4, 0.5) is 5.82 Å². The normalized spacial score (nSPS) is 11.1. The van der Waals surface area contributed by atoms with E-state index in [1.807, 2.05) is 13.0 Å². The highest BCUT2D eigenvalue weighted by Gasteiger charge is 2.08. The molecule has 0 radical (unpaired) electrons. The Morgan fingerprint density at radius 2 is 2.19 bits per heavy atom. The molecule has 0 aromatic carbocycles. The molecule has 3 aromatic heterocycles. The number of hydrogen-bond acceptors (Lipinski definition) is 4. The van der Waals surface area contributed by atoms with Crippen LogP contribution < -0.4 is 5.73 Å². The van der Waals surface area contributed by atoms with E-state index >= 15 is 0 Å². The van der Waals surface area contributed by atoms with E-state index in [1.54, 1.807) is 12.3 Å². The van der Waals surface area contributed by atoms with Crippen molar-refractivity contribution in [2.75, 3.05) is 5.73 Å². The highest BCUT2D eigenvalue weighted by Crippen LogP contribution is 2.18. The number of H-pyrrole nitrogens is 2. The van der Waals surface area contributed by atoms with Gasteiger partial charge in [0.15, 0.2) is 11.5 Å². The molecule has 0 saturated heterocycles. The zero-order valence-corrected chi connectivity index (χ0v) is 8.65. The molecule has 80 valence electrons. The Kier molecular flexibility index (Phi) is 1.70. The molecule has 6 heteroatoms. The van der Waals surface area contributed by atoms with Crippen LogP contribution >= 0.6 is 0 Å². The van der Waals surface area contributed by atoms with Crippen LogP contribution in [-0.2, 0) is 0 Å². The second-order valence-electron chi connectivity index (χ2n) is 3.68. The summed E-state index contributed by atoms with van der Waals surface area (Å²) >= 11 is 0. The predicted molar refractivity (Wildman–Crippen MR) is 60.6 cm³/mol. The molecular formula is C10H10N6. The lowest BCUT2D eigenvalue weighted by Gasteiger charge is -1.88. The van der Waals surface area contributed by atoms with Gasteiger partial charge in [-0.3, -0.25) is 5.10 Å². The number of fused-ring (bicyclic) bond motifs is 1. The summed E-state index contributed by atoms with van der Waals surface area (Å²) in [6.45, 7) is 1.99. The van der Waals surface area contributed by atoms with Crippen molar-refractivity contribution in [1.82, 2.24) is 25.1 Å². The molecule has 0 aliphatic carbocycles. The number of nitrogen functional groups attached to an aromatic ring is 1. The second-order valence-corrected chi connectivity index (χ2v) is 3.68. The predicted octanol–water partition coefficient (Wildman–Crippen LogP) is 1.24. The molecule has 0 bridgehead atoms. The van der Waals surface area contributed by atoms with Crippen molar-refractivity contribution in [2.24, 2.45) is 0 Å². The number of aromatic amines is 2. The van der Waals surface area contributed by atoms with Crippen molar-refractivity contribution in [2.45, 2.75) is 6.92 Å². The van der Waals surface area contributed by atoms with Crippen molar-refractivity contribution in [3.05, 3.63) is 23.9 Å². The maximum absolute atomic E-state index is 5.53. The van der Waals surface area contributed by atoms with Gasteiger partial charge in [0.05, 0.1) is 5.52 Å². The van der Waals surface area contributed by atoms with Crippen LogP contribution in [-0.4, -0.2) is 25.1 Å². The number of nitrogens with one attached hydrogen (secondary N) is 2. The Balaban J connectivity index is 2.18. The number of aryl methyl sites for hydroxylation is 1. The summed E-state index contributed by atoms with van der Waals surface area (Å²) in [6.07, 6.45) is 1.79. The van der Waals surface area contributed by atoms with Crippen LogP contribution in [0.5, 0.6) is 0 Å². The molecular weight excluding hydrogens is 204 g/mol. The van der Waals surface area contributed by atoms with Gasteiger partial charge < -0.3 is 10.7 Å². The van der Waals surface area contributed by atoms with Crippen LogP contribution in [0.25, 0.3) is 22.7 Å². The van der Waals surface area contributed by atoms with Crippen LogP contribution in [0.1, 0.15) is 5.56 Å². The minimum Gasteiger partial charge on any atom is -0.382 e. The number of hydrogen-bond donors (Lipinski definition) is 3. The average molecular weight is 214 g/mol. The molecule has 0 atom stereocenters. The third-order valence-electron chi connectivity index (χ3n) is 2.33.